The average molecular weight is 183 g/mol. The van der Waals surface area contributed by atoms with Crippen molar-refractivity contribution < 1.29 is 13.2 Å². The summed E-state index contributed by atoms with van der Waals surface area (Å²) < 4.78 is 21.2. The molecule has 0 N–H and O–H groups in total. The van der Waals surface area contributed by atoms with E-state index in [1.165, 1.54) is 6.92 Å². The largest absolute Gasteiger partial charge is 0.276 e. The highest BCUT2D eigenvalue weighted by molar-refractivity contribution is 7.94. The predicted molar refractivity (Wildman–Crippen MR) is 39.5 cm³/mol. The zero-order chi connectivity index (χ0) is 8.20. The molecule has 0 amide bonds. The maximum Gasteiger partial charge on any atom is 0.245 e. The standard InChI is InChI=1S/C5H7ClO3S/c1-2-10(8,9)4-3-5(6)7/h3-4H,2H2,1H3. The lowest BCUT2D eigenvalue weighted by Gasteiger charge is -1.86. The lowest BCUT2D eigenvalue weighted by atomic mass is 10.7. The molecule has 0 bridgehead atoms. The molecule has 0 aliphatic rings. The Balaban J connectivity index is 4.29. The Morgan fingerprint density at radius 3 is 2.40 bits per heavy atom. The van der Waals surface area contributed by atoms with Gasteiger partial charge >= 0.3 is 0 Å². The molecule has 0 heterocycles. The van der Waals surface area contributed by atoms with Crippen molar-refractivity contribution in [3.05, 3.63) is 11.5 Å². The van der Waals surface area contributed by atoms with Crippen molar-refractivity contribution in [1.29, 1.82) is 0 Å². The molecule has 0 atom stereocenters. The molecule has 0 saturated carbocycles. The number of rotatable bonds is 3. The SMILES string of the molecule is CCS(=O)(=O)C=CC(=O)Cl. The fourth-order valence-electron chi connectivity index (χ4n) is 0.253. The van der Waals surface area contributed by atoms with Crippen molar-refractivity contribution in [2.45, 2.75) is 6.92 Å². The molecule has 10 heavy (non-hydrogen) atoms. The van der Waals surface area contributed by atoms with E-state index in [-0.39, 0.29) is 5.75 Å². The summed E-state index contributed by atoms with van der Waals surface area (Å²) >= 11 is 4.85. The molecule has 3 nitrogen and oxygen atoms in total. The minimum absolute atomic E-state index is 0.0202. The summed E-state index contributed by atoms with van der Waals surface area (Å²) in [4.78, 5) is 10.0. The summed E-state index contributed by atoms with van der Waals surface area (Å²) in [6.07, 6.45) is 0.820. The Kier molecular flexibility index (Phi) is 3.60. The molecule has 0 spiro atoms. The third kappa shape index (κ3) is 4.52. The maximum atomic E-state index is 10.6. The number of hydrogen-bond donors (Lipinski definition) is 0. The molecule has 0 saturated heterocycles. The molecule has 0 aliphatic carbocycles. The smallest absolute Gasteiger partial charge is 0.245 e. The summed E-state index contributed by atoms with van der Waals surface area (Å²) in [5.74, 6) is -0.0202. The van der Waals surface area contributed by atoms with E-state index in [0.29, 0.717) is 0 Å². The van der Waals surface area contributed by atoms with E-state index in [1.54, 1.807) is 0 Å². The minimum atomic E-state index is -3.20. The first-order chi connectivity index (χ1) is 4.48. The van der Waals surface area contributed by atoms with Gasteiger partial charge in [-0.25, -0.2) is 8.42 Å². The van der Waals surface area contributed by atoms with Crippen LogP contribution in [0.15, 0.2) is 11.5 Å². The van der Waals surface area contributed by atoms with Crippen LogP contribution in [0.4, 0.5) is 0 Å². The Bertz CT molecular complexity index is 240. The van der Waals surface area contributed by atoms with Crippen LogP contribution in [0.3, 0.4) is 0 Å². The van der Waals surface area contributed by atoms with Gasteiger partial charge in [0.05, 0.1) is 5.75 Å². The van der Waals surface area contributed by atoms with Gasteiger partial charge in [0.2, 0.25) is 5.24 Å². The molecule has 0 aromatic carbocycles. The fraction of sp³-hybridized carbons (Fsp3) is 0.400. The third-order valence-electron chi connectivity index (χ3n) is 0.809. The van der Waals surface area contributed by atoms with Gasteiger partial charge in [0, 0.05) is 11.5 Å². The summed E-state index contributed by atoms with van der Waals surface area (Å²) in [6, 6.07) is 0. The maximum absolute atomic E-state index is 10.6. The Morgan fingerprint density at radius 1 is 1.60 bits per heavy atom. The Hall–Kier alpha value is -0.350. The van der Waals surface area contributed by atoms with Crippen molar-refractivity contribution in [2.24, 2.45) is 0 Å². The zero-order valence-electron chi connectivity index (χ0n) is 5.37. The van der Waals surface area contributed by atoms with Gasteiger partial charge in [-0.3, -0.25) is 4.79 Å². The Morgan fingerprint density at radius 2 is 2.10 bits per heavy atom. The van der Waals surface area contributed by atoms with E-state index in [4.69, 9.17) is 11.6 Å². The van der Waals surface area contributed by atoms with Gasteiger partial charge < -0.3 is 0 Å². The third-order valence-corrected chi connectivity index (χ3v) is 2.29. The Labute approximate surface area is 64.6 Å². The number of halogens is 1. The van der Waals surface area contributed by atoms with Crippen LogP contribution in [0, 0.1) is 0 Å². The van der Waals surface area contributed by atoms with Gasteiger partial charge in [-0.1, -0.05) is 6.92 Å². The fourth-order valence-corrected chi connectivity index (χ4v) is 0.914. The van der Waals surface area contributed by atoms with Crippen LogP contribution in [0.25, 0.3) is 0 Å². The molecular weight excluding hydrogens is 176 g/mol. The first kappa shape index (κ1) is 9.65. The van der Waals surface area contributed by atoms with Gasteiger partial charge in [0.25, 0.3) is 0 Å². The van der Waals surface area contributed by atoms with Crippen LogP contribution in [0.1, 0.15) is 6.92 Å². The van der Waals surface area contributed by atoms with Gasteiger partial charge in [-0.2, -0.15) is 0 Å². The van der Waals surface area contributed by atoms with Gasteiger partial charge in [0.15, 0.2) is 9.84 Å². The number of carbonyl (C=O) groups excluding carboxylic acids is 1. The highest BCUT2D eigenvalue weighted by atomic mass is 35.5. The summed E-state index contributed by atoms with van der Waals surface area (Å²) in [5, 5.41) is 0.0273. The zero-order valence-corrected chi connectivity index (χ0v) is 6.95. The van der Waals surface area contributed by atoms with Crippen molar-refractivity contribution in [3.8, 4) is 0 Å². The number of sulfone groups is 1. The van der Waals surface area contributed by atoms with Crippen LogP contribution in [0.5, 0.6) is 0 Å². The minimum Gasteiger partial charge on any atom is -0.276 e. The van der Waals surface area contributed by atoms with Gasteiger partial charge in [-0.15, -0.1) is 0 Å². The van der Waals surface area contributed by atoms with Crippen LogP contribution >= 0.6 is 11.6 Å². The van der Waals surface area contributed by atoms with Crippen LogP contribution in [-0.4, -0.2) is 19.4 Å². The lowest BCUT2D eigenvalue weighted by molar-refractivity contribution is -0.107. The van der Waals surface area contributed by atoms with Crippen LogP contribution in [-0.2, 0) is 14.6 Å². The highest BCUT2D eigenvalue weighted by Gasteiger charge is 2.00. The van der Waals surface area contributed by atoms with Gasteiger partial charge in [-0.05, 0) is 11.6 Å². The second-order valence-electron chi connectivity index (χ2n) is 1.56. The quantitative estimate of drug-likeness (QED) is 0.477. The molecule has 58 valence electrons. The summed E-state index contributed by atoms with van der Waals surface area (Å²) in [7, 11) is -3.20. The number of hydrogen-bond acceptors (Lipinski definition) is 3. The van der Waals surface area contributed by atoms with E-state index in [0.717, 1.165) is 11.5 Å². The van der Waals surface area contributed by atoms with E-state index < -0.39 is 15.1 Å². The monoisotopic (exact) mass is 182 g/mol. The first-order valence-electron chi connectivity index (χ1n) is 2.58. The molecule has 0 aromatic heterocycles. The molecule has 0 unspecified atom stereocenters. The van der Waals surface area contributed by atoms with Gasteiger partial charge in [0.1, 0.15) is 0 Å². The summed E-state index contributed by atoms with van der Waals surface area (Å²) in [6.45, 7) is 1.48. The van der Waals surface area contributed by atoms with Crippen molar-refractivity contribution in [3.63, 3.8) is 0 Å². The second-order valence-corrected chi connectivity index (χ2v) is 4.11. The molecule has 0 fully saturated rings. The molecule has 0 rings (SSSR count). The highest BCUT2D eigenvalue weighted by Crippen LogP contribution is 1.92. The van der Waals surface area contributed by atoms with Crippen LogP contribution in [0.2, 0.25) is 0 Å². The molecule has 0 aliphatic heterocycles. The predicted octanol–water partition coefficient (Wildman–Crippen LogP) is 0.700. The first-order valence-corrected chi connectivity index (χ1v) is 4.67. The molecule has 5 heteroatoms. The second kappa shape index (κ2) is 3.73. The lowest BCUT2D eigenvalue weighted by Crippen LogP contribution is -1.97. The molecule has 0 aromatic rings. The van der Waals surface area contributed by atoms with E-state index >= 15 is 0 Å². The van der Waals surface area contributed by atoms with Crippen molar-refractivity contribution in [1.82, 2.24) is 0 Å². The molecule has 0 radical (unpaired) electrons. The number of carbonyl (C=O) groups is 1. The van der Waals surface area contributed by atoms with Crippen molar-refractivity contribution >= 4 is 26.7 Å². The van der Waals surface area contributed by atoms with Crippen molar-refractivity contribution in [2.75, 3.05) is 5.75 Å². The van der Waals surface area contributed by atoms with E-state index in [1.807, 2.05) is 0 Å². The average Bonchev–Trinajstić information content (AvgIpc) is 1.85. The summed E-state index contributed by atoms with van der Waals surface area (Å²) in [5.41, 5.74) is 0. The van der Waals surface area contributed by atoms with Crippen LogP contribution < -0.4 is 0 Å². The van der Waals surface area contributed by atoms with E-state index in [2.05, 4.69) is 0 Å². The number of allylic oxidation sites excluding steroid dienone is 1. The topological polar surface area (TPSA) is 51.2 Å². The molecular formula is C5H7ClO3S. The van der Waals surface area contributed by atoms with E-state index in [9.17, 15) is 13.2 Å². The normalized spacial score (nSPS) is 12.2.